The van der Waals surface area contributed by atoms with Crippen molar-refractivity contribution in [2.75, 3.05) is 16.0 Å². The van der Waals surface area contributed by atoms with Crippen LogP contribution >= 0.6 is 0 Å². The molecule has 0 unspecified atom stereocenters. The highest BCUT2D eigenvalue weighted by Crippen LogP contribution is 2.34. The van der Waals surface area contributed by atoms with Crippen LogP contribution in [0, 0.1) is 0 Å². The Morgan fingerprint density at radius 2 is 1.16 bits per heavy atom. The van der Waals surface area contributed by atoms with E-state index in [2.05, 4.69) is 6.92 Å². The first-order valence-electron chi connectivity index (χ1n) is 10.8. The number of sulfonamides is 1. The van der Waals surface area contributed by atoms with Crippen molar-refractivity contribution in [2.45, 2.75) is 63.8 Å². The van der Waals surface area contributed by atoms with Gasteiger partial charge in [0, 0.05) is 6.54 Å². The molecule has 0 amide bonds. The average molecular weight is 457 g/mol. The first kappa shape index (κ1) is 25.0. The summed E-state index contributed by atoms with van der Waals surface area (Å²) in [7, 11) is -5.64. The van der Waals surface area contributed by atoms with E-state index in [4.69, 9.17) is 0 Å². The van der Waals surface area contributed by atoms with Crippen LogP contribution in [0.4, 0.5) is 24.5 Å². The molecule has 0 atom stereocenters. The second-order valence-corrected chi connectivity index (χ2v) is 9.22. The molecule has 2 aromatic carbocycles. The van der Waals surface area contributed by atoms with E-state index < -0.39 is 15.5 Å². The van der Waals surface area contributed by atoms with Gasteiger partial charge in [-0.15, -0.1) is 0 Å². The average Bonchev–Trinajstić information content (AvgIpc) is 2.75. The zero-order valence-electron chi connectivity index (χ0n) is 17.9. The van der Waals surface area contributed by atoms with Crippen LogP contribution in [0.15, 0.2) is 60.7 Å². The number of alkyl halides is 3. The molecule has 0 aliphatic heterocycles. The number of anilines is 2. The van der Waals surface area contributed by atoms with Crippen molar-refractivity contribution in [2.24, 2.45) is 0 Å². The monoisotopic (exact) mass is 456 g/mol. The van der Waals surface area contributed by atoms with E-state index in [1.165, 1.54) is 48.5 Å². The molecule has 4 nitrogen and oxygen atoms in total. The second kappa shape index (κ2) is 12.0. The summed E-state index contributed by atoms with van der Waals surface area (Å²) in [5, 5.41) is 1.22. The van der Waals surface area contributed by atoms with Gasteiger partial charge in [-0.2, -0.15) is 26.0 Å². The fraction of sp³-hybridized carbons (Fsp3) is 0.478. The Balaban J connectivity index is 2.25. The topological polar surface area (TPSA) is 40.6 Å². The third-order valence-corrected chi connectivity index (χ3v) is 6.44. The lowest BCUT2D eigenvalue weighted by molar-refractivity contribution is -0.0439. The molecule has 0 spiro atoms. The molecular formula is C23H31F3N2O2S. The molecule has 0 saturated heterocycles. The number of nitrogens with zero attached hydrogens (tertiary/aromatic N) is 2. The van der Waals surface area contributed by atoms with Crippen molar-refractivity contribution in [3.63, 3.8) is 0 Å². The van der Waals surface area contributed by atoms with E-state index in [1.54, 1.807) is 36.4 Å². The maximum Gasteiger partial charge on any atom is 0.518 e. The summed E-state index contributed by atoms with van der Waals surface area (Å²) in [4.78, 5) is 0. The minimum absolute atomic E-state index is 0.0526. The molecule has 0 aliphatic rings. The minimum atomic E-state index is -5.64. The maximum absolute atomic E-state index is 13.6. The van der Waals surface area contributed by atoms with Crippen molar-refractivity contribution in [3.8, 4) is 0 Å². The summed E-state index contributed by atoms with van der Waals surface area (Å²) >= 11 is 0. The van der Waals surface area contributed by atoms with Gasteiger partial charge in [0.15, 0.2) is 0 Å². The highest BCUT2D eigenvalue weighted by atomic mass is 32.2. The number of hydrazine groups is 1. The smallest absolute Gasteiger partial charge is 0.271 e. The number of halogens is 3. The SMILES string of the molecule is CCCCCCCCCCN(c1ccccc1)N(c1ccccc1)S(=O)(=O)C(F)(F)F. The molecule has 0 aromatic heterocycles. The molecule has 0 bridgehead atoms. The van der Waals surface area contributed by atoms with E-state index in [9.17, 15) is 21.6 Å². The number of para-hydroxylation sites is 2. The van der Waals surface area contributed by atoms with Gasteiger partial charge in [0.05, 0.1) is 11.4 Å². The summed E-state index contributed by atoms with van der Waals surface area (Å²) in [6.07, 6.45) is 8.19. The molecule has 8 heteroatoms. The number of unbranched alkanes of at least 4 members (excludes halogenated alkanes) is 7. The Kier molecular flexibility index (Phi) is 9.68. The highest BCUT2D eigenvalue weighted by Gasteiger charge is 2.52. The highest BCUT2D eigenvalue weighted by molar-refractivity contribution is 7.93. The van der Waals surface area contributed by atoms with Crippen molar-refractivity contribution in [1.29, 1.82) is 0 Å². The van der Waals surface area contributed by atoms with Gasteiger partial charge < -0.3 is 0 Å². The van der Waals surface area contributed by atoms with E-state index in [-0.39, 0.29) is 12.2 Å². The predicted molar refractivity (Wildman–Crippen MR) is 120 cm³/mol. The van der Waals surface area contributed by atoms with Crippen molar-refractivity contribution in [3.05, 3.63) is 60.7 Å². The van der Waals surface area contributed by atoms with Crippen molar-refractivity contribution < 1.29 is 21.6 Å². The van der Waals surface area contributed by atoms with Crippen LogP contribution in [0.3, 0.4) is 0 Å². The fourth-order valence-corrected chi connectivity index (χ4v) is 4.41. The van der Waals surface area contributed by atoms with Crippen molar-refractivity contribution in [1.82, 2.24) is 0 Å². The molecule has 172 valence electrons. The fourth-order valence-electron chi connectivity index (χ4n) is 3.38. The Morgan fingerprint density at radius 3 is 1.65 bits per heavy atom. The van der Waals surface area contributed by atoms with Crippen LogP contribution in [-0.4, -0.2) is 20.5 Å². The van der Waals surface area contributed by atoms with Gasteiger partial charge in [0.1, 0.15) is 0 Å². The number of hydrogen-bond donors (Lipinski definition) is 0. The van der Waals surface area contributed by atoms with Gasteiger partial charge in [-0.1, -0.05) is 88.3 Å². The summed E-state index contributed by atoms with van der Waals surface area (Å²) in [5.74, 6) is 0. The van der Waals surface area contributed by atoms with E-state index in [0.717, 1.165) is 25.7 Å². The molecule has 31 heavy (non-hydrogen) atoms. The summed E-state index contributed by atoms with van der Waals surface area (Å²) in [6.45, 7) is 2.31. The number of hydrogen-bond acceptors (Lipinski definition) is 3. The number of benzene rings is 2. The molecular weight excluding hydrogens is 425 g/mol. The molecule has 0 fully saturated rings. The van der Waals surface area contributed by atoms with Crippen LogP contribution in [0.25, 0.3) is 0 Å². The first-order chi connectivity index (χ1) is 14.8. The van der Waals surface area contributed by atoms with Gasteiger partial charge >= 0.3 is 15.5 Å². The van der Waals surface area contributed by atoms with Gasteiger partial charge in [0.2, 0.25) is 0 Å². The van der Waals surface area contributed by atoms with Crippen LogP contribution in [-0.2, 0) is 10.0 Å². The van der Waals surface area contributed by atoms with Crippen LogP contribution in [0.2, 0.25) is 0 Å². The Morgan fingerprint density at radius 1 is 0.710 bits per heavy atom. The van der Waals surface area contributed by atoms with Gasteiger partial charge in [-0.05, 0) is 30.7 Å². The molecule has 0 aliphatic carbocycles. The molecule has 0 radical (unpaired) electrons. The Labute approximate surface area is 183 Å². The minimum Gasteiger partial charge on any atom is -0.271 e. The molecule has 2 rings (SSSR count). The van der Waals surface area contributed by atoms with Gasteiger partial charge in [0.25, 0.3) is 0 Å². The van der Waals surface area contributed by atoms with Gasteiger partial charge in [-0.3, -0.25) is 5.01 Å². The predicted octanol–water partition coefficient (Wildman–Crippen LogP) is 6.90. The van der Waals surface area contributed by atoms with Crippen LogP contribution < -0.4 is 9.42 Å². The van der Waals surface area contributed by atoms with Crippen LogP contribution in [0.1, 0.15) is 58.3 Å². The third kappa shape index (κ3) is 7.16. The zero-order valence-corrected chi connectivity index (χ0v) is 18.7. The van der Waals surface area contributed by atoms with E-state index in [0.29, 0.717) is 16.5 Å². The quantitative estimate of drug-likeness (QED) is 0.243. The summed E-state index contributed by atoms with van der Waals surface area (Å²) in [5.41, 5.74) is -5.08. The lowest BCUT2D eigenvalue weighted by atomic mass is 10.1. The second-order valence-electron chi connectivity index (χ2n) is 7.46. The number of rotatable bonds is 13. The van der Waals surface area contributed by atoms with E-state index >= 15 is 0 Å². The standard InChI is InChI=1S/C23H31F3N2O2S/c1-2-3-4-5-6-7-8-15-20-27(21-16-11-9-12-17-21)28(22-18-13-10-14-19-22)31(29,30)23(24,25)26/h9-14,16-19H,2-8,15,20H2,1H3. The van der Waals surface area contributed by atoms with Gasteiger partial charge in [-0.25, -0.2) is 0 Å². The Hall–Kier alpha value is -2.22. The Bertz CT molecular complexity index is 859. The zero-order chi connectivity index (χ0) is 22.7. The van der Waals surface area contributed by atoms with E-state index in [1.807, 2.05) is 0 Å². The normalized spacial score (nSPS) is 12.0. The van der Waals surface area contributed by atoms with Crippen molar-refractivity contribution >= 4 is 21.4 Å². The lowest BCUT2D eigenvalue weighted by Crippen LogP contribution is -2.52. The third-order valence-electron chi connectivity index (χ3n) is 4.99. The molecule has 0 N–H and O–H groups in total. The first-order valence-corrected chi connectivity index (χ1v) is 12.2. The molecule has 0 saturated carbocycles. The summed E-state index contributed by atoms with van der Waals surface area (Å²) in [6, 6.07) is 15.7. The maximum atomic E-state index is 13.6. The lowest BCUT2D eigenvalue weighted by Gasteiger charge is -2.37. The molecule has 0 heterocycles. The van der Waals surface area contributed by atoms with Crippen LogP contribution in [0.5, 0.6) is 0 Å². The molecule has 2 aromatic rings. The summed E-state index contributed by atoms with van der Waals surface area (Å²) < 4.78 is 66.3. The largest absolute Gasteiger partial charge is 0.518 e.